The van der Waals surface area contributed by atoms with E-state index in [1.807, 2.05) is 18.4 Å². The van der Waals surface area contributed by atoms with Crippen molar-refractivity contribution in [3.8, 4) is 12.1 Å². The van der Waals surface area contributed by atoms with Crippen LogP contribution in [0, 0.1) is 22.7 Å². The van der Waals surface area contributed by atoms with Crippen LogP contribution in [0.3, 0.4) is 0 Å². The van der Waals surface area contributed by atoms with E-state index >= 15 is 0 Å². The standard InChI is InChI=1S/C15H15N3S/c1-19-15(14(10-16)11-17)18-8-6-12-4-2-3-5-13(12)7-9-18/h2-5H,6-9H2,1H3. The fourth-order valence-corrected chi connectivity index (χ4v) is 3.12. The summed E-state index contributed by atoms with van der Waals surface area (Å²) in [5, 5.41) is 18.9. The number of benzene rings is 1. The van der Waals surface area contributed by atoms with Crippen LogP contribution >= 0.6 is 11.8 Å². The van der Waals surface area contributed by atoms with E-state index in [0.29, 0.717) is 0 Å². The molecule has 0 fully saturated rings. The van der Waals surface area contributed by atoms with Gasteiger partial charge in [0.1, 0.15) is 12.1 Å². The van der Waals surface area contributed by atoms with Gasteiger partial charge in [-0.2, -0.15) is 10.5 Å². The molecule has 19 heavy (non-hydrogen) atoms. The predicted molar refractivity (Wildman–Crippen MR) is 77.2 cm³/mol. The molecular formula is C15H15N3S. The molecule has 0 N–H and O–H groups in total. The molecule has 0 radical (unpaired) electrons. The van der Waals surface area contributed by atoms with Crippen molar-refractivity contribution in [1.82, 2.24) is 4.90 Å². The molecule has 0 aliphatic carbocycles. The molecule has 4 heteroatoms. The zero-order valence-corrected chi connectivity index (χ0v) is 11.7. The molecular weight excluding hydrogens is 254 g/mol. The summed E-state index contributed by atoms with van der Waals surface area (Å²) < 4.78 is 0. The van der Waals surface area contributed by atoms with Crippen molar-refractivity contribution in [2.24, 2.45) is 0 Å². The molecule has 0 unspecified atom stereocenters. The van der Waals surface area contributed by atoms with E-state index in [1.165, 1.54) is 22.9 Å². The van der Waals surface area contributed by atoms with Gasteiger partial charge in [-0.25, -0.2) is 0 Å². The highest BCUT2D eigenvalue weighted by Crippen LogP contribution is 2.25. The number of allylic oxidation sites excluding steroid dienone is 1. The first-order chi connectivity index (χ1) is 9.30. The van der Waals surface area contributed by atoms with E-state index in [2.05, 4.69) is 29.2 Å². The zero-order valence-electron chi connectivity index (χ0n) is 10.9. The van der Waals surface area contributed by atoms with Gasteiger partial charge in [-0.05, 0) is 30.2 Å². The molecule has 0 aromatic heterocycles. The van der Waals surface area contributed by atoms with Crippen LogP contribution in [0.25, 0.3) is 0 Å². The Bertz CT molecular complexity index is 535. The molecule has 0 atom stereocenters. The molecule has 1 aliphatic heterocycles. The zero-order chi connectivity index (χ0) is 13.7. The van der Waals surface area contributed by atoms with Crippen molar-refractivity contribution in [2.45, 2.75) is 12.8 Å². The van der Waals surface area contributed by atoms with Crippen molar-refractivity contribution in [3.05, 3.63) is 46.0 Å². The summed E-state index contributed by atoms with van der Waals surface area (Å²) in [6.45, 7) is 1.72. The van der Waals surface area contributed by atoms with Crippen molar-refractivity contribution in [1.29, 1.82) is 10.5 Å². The number of nitrogens with zero attached hydrogens (tertiary/aromatic N) is 3. The molecule has 0 saturated carbocycles. The third-order valence-corrected chi connectivity index (χ3v) is 4.19. The minimum Gasteiger partial charge on any atom is -0.364 e. The van der Waals surface area contributed by atoms with Crippen molar-refractivity contribution in [2.75, 3.05) is 19.3 Å². The highest BCUT2D eigenvalue weighted by atomic mass is 32.2. The van der Waals surface area contributed by atoms with E-state index in [9.17, 15) is 0 Å². The summed E-state index contributed by atoms with van der Waals surface area (Å²) in [7, 11) is 0. The Morgan fingerprint density at radius 3 is 2.05 bits per heavy atom. The van der Waals surface area contributed by atoms with Crippen LogP contribution < -0.4 is 0 Å². The lowest BCUT2D eigenvalue weighted by molar-refractivity contribution is 0.384. The number of fused-ring (bicyclic) bond motifs is 1. The third kappa shape index (κ3) is 2.92. The molecule has 0 amide bonds. The lowest BCUT2D eigenvalue weighted by Crippen LogP contribution is -2.25. The van der Waals surface area contributed by atoms with Crippen molar-refractivity contribution >= 4 is 11.8 Å². The van der Waals surface area contributed by atoms with Crippen molar-refractivity contribution in [3.63, 3.8) is 0 Å². The summed E-state index contributed by atoms with van der Waals surface area (Å²) in [4.78, 5) is 2.16. The predicted octanol–water partition coefficient (Wildman–Crippen LogP) is 2.71. The van der Waals surface area contributed by atoms with Gasteiger partial charge in [-0.3, -0.25) is 0 Å². The molecule has 1 aromatic rings. The second kappa shape index (κ2) is 6.31. The highest BCUT2D eigenvalue weighted by molar-refractivity contribution is 8.02. The molecule has 1 aromatic carbocycles. The maximum Gasteiger partial charge on any atom is 0.159 e. The SMILES string of the molecule is CSC(=C(C#N)C#N)N1CCc2ccccc2CC1. The van der Waals surface area contributed by atoms with E-state index in [-0.39, 0.29) is 5.57 Å². The van der Waals surface area contributed by atoms with Gasteiger partial charge in [0.2, 0.25) is 0 Å². The van der Waals surface area contributed by atoms with Crippen LogP contribution in [0.15, 0.2) is 34.9 Å². The number of hydrogen-bond acceptors (Lipinski definition) is 4. The van der Waals surface area contributed by atoms with Gasteiger partial charge in [-0.1, -0.05) is 24.3 Å². The topological polar surface area (TPSA) is 50.8 Å². The normalized spacial score (nSPS) is 13.7. The first-order valence-electron chi connectivity index (χ1n) is 6.20. The summed E-state index contributed by atoms with van der Waals surface area (Å²) >= 11 is 1.48. The molecule has 1 aliphatic rings. The van der Waals surface area contributed by atoms with Gasteiger partial charge in [0, 0.05) is 13.1 Å². The highest BCUT2D eigenvalue weighted by Gasteiger charge is 2.18. The average Bonchev–Trinajstić information content (AvgIpc) is 2.67. The van der Waals surface area contributed by atoms with Crippen LogP contribution in [-0.4, -0.2) is 24.2 Å². The number of rotatable bonds is 2. The van der Waals surface area contributed by atoms with Crippen molar-refractivity contribution < 1.29 is 0 Å². The fourth-order valence-electron chi connectivity index (χ4n) is 2.38. The minimum absolute atomic E-state index is 0.221. The fraction of sp³-hybridized carbons (Fsp3) is 0.333. The summed E-state index contributed by atoms with van der Waals surface area (Å²) in [6.07, 6.45) is 3.84. The Balaban J connectivity index is 2.25. The maximum absolute atomic E-state index is 9.03. The Morgan fingerprint density at radius 1 is 1.11 bits per heavy atom. The lowest BCUT2D eigenvalue weighted by atomic mass is 10.0. The van der Waals surface area contributed by atoms with Gasteiger partial charge in [-0.15, -0.1) is 11.8 Å². The molecule has 3 nitrogen and oxygen atoms in total. The van der Waals surface area contributed by atoms with Gasteiger partial charge >= 0.3 is 0 Å². The van der Waals surface area contributed by atoms with Gasteiger partial charge < -0.3 is 4.90 Å². The van der Waals surface area contributed by atoms with E-state index in [0.717, 1.165) is 31.0 Å². The first kappa shape index (κ1) is 13.5. The number of nitriles is 2. The maximum atomic E-state index is 9.03. The third-order valence-electron chi connectivity index (χ3n) is 3.34. The number of hydrogen-bond donors (Lipinski definition) is 0. The second-order valence-electron chi connectivity index (χ2n) is 4.36. The van der Waals surface area contributed by atoms with Gasteiger partial charge in [0.25, 0.3) is 0 Å². The monoisotopic (exact) mass is 269 g/mol. The Hall–Kier alpha value is -1.91. The average molecular weight is 269 g/mol. The number of thioether (sulfide) groups is 1. The molecule has 2 rings (SSSR count). The smallest absolute Gasteiger partial charge is 0.159 e. The quantitative estimate of drug-likeness (QED) is 0.775. The van der Waals surface area contributed by atoms with E-state index in [1.54, 1.807) is 0 Å². The Kier molecular flexibility index (Phi) is 4.49. The molecule has 0 spiro atoms. The van der Waals surface area contributed by atoms with Crippen LogP contribution in [0.5, 0.6) is 0 Å². The molecule has 1 heterocycles. The van der Waals surface area contributed by atoms with Gasteiger partial charge in [0.05, 0.1) is 5.03 Å². The molecule has 0 bridgehead atoms. The lowest BCUT2D eigenvalue weighted by Gasteiger charge is -2.24. The molecule has 0 saturated heterocycles. The van der Waals surface area contributed by atoms with Gasteiger partial charge in [0.15, 0.2) is 5.57 Å². The summed E-state index contributed by atoms with van der Waals surface area (Å²) in [6, 6.07) is 12.5. The van der Waals surface area contributed by atoms with Crippen LogP contribution in [0.4, 0.5) is 0 Å². The largest absolute Gasteiger partial charge is 0.364 e. The van der Waals surface area contributed by atoms with Crippen LogP contribution in [0.1, 0.15) is 11.1 Å². The Labute approximate surface area is 118 Å². The van der Waals surface area contributed by atoms with Crippen LogP contribution in [0.2, 0.25) is 0 Å². The Morgan fingerprint density at radius 2 is 1.63 bits per heavy atom. The summed E-state index contributed by atoms with van der Waals surface area (Å²) in [5.74, 6) is 0. The first-order valence-corrected chi connectivity index (χ1v) is 7.42. The minimum atomic E-state index is 0.221. The summed E-state index contributed by atoms with van der Waals surface area (Å²) in [5.41, 5.74) is 2.97. The van der Waals surface area contributed by atoms with E-state index < -0.39 is 0 Å². The molecule has 96 valence electrons. The second-order valence-corrected chi connectivity index (χ2v) is 5.16. The van der Waals surface area contributed by atoms with E-state index in [4.69, 9.17) is 10.5 Å². The van der Waals surface area contributed by atoms with Crippen LogP contribution in [-0.2, 0) is 12.8 Å².